The van der Waals surface area contributed by atoms with E-state index in [9.17, 15) is 19.5 Å². The Morgan fingerprint density at radius 3 is 2.33 bits per heavy atom. The summed E-state index contributed by atoms with van der Waals surface area (Å²) in [5, 5.41) is 14.8. The molecule has 24 heavy (non-hydrogen) atoms. The topological polar surface area (TPSA) is 95.5 Å². The van der Waals surface area contributed by atoms with Crippen LogP contribution in [0.2, 0.25) is 0 Å². The van der Waals surface area contributed by atoms with Crippen LogP contribution in [0.15, 0.2) is 42.5 Å². The number of hydrogen-bond acceptors (Lipinski definition) is 3. The van der Waals surface area contributed by atoms with Crippen LogP contribution in [0.25, 0.3) is 0 Å². The van der Waals surface area contributed by atoms with Crippen LogP contribution in [0.5, 0.6) is 0 Å². The summed E-state index contributed by atoms with van der Waals surface area (Å²) in [5.41, 5.74) is 0.648. The van der Waals surface area contributed by atoms with Crippen molar-refractivity contribution in [3.8, 4) is 0 Å². The summed E-state index contributed by atoms with van der Waals surface area (Å²) in [6.07, 6.45) is 4.50. The van der Waals surface area contributed by atoms with Crippen LogP contribution in [0, 0.1) is 23.7 Å². The minimum absolute atomic E-state index is 0.0551. The summed E-state index contributed by atoms with van der Waals surface area (Å²) in [4.78, 5) is 36.2. The number of fused-ring (bicyclic) bond motifs is 2. The van der Waals surface area contributed by atoms with Crippen LogP contribution >= 0.6 is 0 Å². The van der Waals surface area contributed by atoms with E-state index in [2.05, 4.69) is 10.6 Å². The van der Waals surface area contributed by atoms with E-state index in [0.717, 1.165) is 0 Å². The Balaban J connectivity index is 1.63. The standard InChI is InChI=1S/C18H20N2O4/c1-10(16(21)20-13-5-3-2-4-6-13)19-17(22)14-11-7-8-12(9-11)15(14)18(23)24/h2-8,10-12,14-15H,9H2,1H3,(H,19,22)(H,20,21)(H,23,24)/t10-,11-,12-,14+,15-/m0/s1. The zero-order valence-corrected chi connectivity index (χ0v) is 13.3. The molecule has 2 amide bonds. The predicted octanol–water partition coefficient (Wildman–Crippen LogP) is 1.65. The molecule has 2 aliphatic rings. The second-order valence-electron chi connectivity index (χ2n) is 6.42. The number of rotatable bonds is 5. The molecule has 0 aliphatic heterocycles. The van der Waals surface area contributed by atoms with Gasteiger partial charge < -0.3 is 15.7 Å². The summed E-state index contributed by atoms with van der Waals surface area (Å²) < 4.78 is 0. The maximum atomic E-state index is 12.5. The van der Waals surface area contributed by atoms with Gasteiger partial charge >= 0.3 is 5.97 Å². The third kappa shape index (κ3) is 3.04. The molecular formula is C18H20N2O4. The molecule has 1 fully saturated rings. The molecule has 2 aliphatic carbocycles. The lowest BCUT2D eigenvalue weighted by Gasteiger charge is -2.25. The van der Waals surface area contributed by atoms with Crippen molar-refractivity contribution in [1.29, 1.82) is 0 Å². The van der Waals surface area contributed by atoms with Crippen molar-refractivity contribution < 1.29 is 19.5 Å². The Bertz CT molecular complexity index is 686. The summed E-state index contributed by atoms with van der Waals surface area (Å²) in [6.45, 7) is 1.59. The molecule has 0 unspecified atom stereocenters. The number of carbonyl (C=O) groups excluding carboxylic acids is 2. The van der Waals surface area contributed by atoms with Crippen molar-refractivity contribution in [2.24, 2.45) is 23.7 Å². The lowest BCUT2D eigenvalue weighted by molar-refractivity contribution is -0.148. The molecule has 126 valence electrons. The van der Waals surface area contributed by atoms with E-state index in [4.69, 9.17) is 0 Å². The number of amides is 2. The van der Waals surface area contributed by atoms with Gasteiger partial charge in [-0.05, 0) is 37.3 Å². The molecular weight excluding hydrogens is 308 g/mol. The van der Waals surface area contributed by atoms with Gasteiger partial charge in [-0.15, -0.1) is 0 Å². The molecule has 1 aromatic carbocycles. The van der Waals surface area contributed by atoms with Gasteiger partial charge in [-0.1, -0.05) is 30.4 Å². The molecule has 3 N–H and O–H groups in total. The fourth-order valence-electron chi connectivity index (χ4n) is 3.66. The first kappa shape index (κ1) is 16.2. The molecule has 0 saturated heterocycles. The van der Waals surface area contributed by atoms with Crippen molar-refractivity contribution >= 4 is 23.5 Å². The van der Waals surface area contributed by atoms with Gasteiger partial charge in [0.05, 0.1) is 11.8 Å². The molecule has 3 rings (SSSR count). The van der Waals surface area contributed by atoms with E-state index < -0.39 is 23.8 Å². The lowest BCUT2D eigenvalue weighted by Crippen LogP contribution is -2.47. The van der Waals surface area contributed by atoms with Crippen molar-refractivity contribution in [2.75, 3.05) is 5.32 Å². The van der Waals surface area contributed by atoms with Crippen molar-refractivity contribution in [2.45, 2.75) is 19.4 Å². The number of hydrogen-bond donors (Lipinski definition) is 3. The van der Waals surface area contributed by atoms with Gasteiger partial charge in [0.25, 0.3) is 0 Å². The molecule has 6 heteroatoms. The maximum Gasteiger partial charge on any atom is 0.307 e. The summed E-state index contributed by atoms with van der Waals surface area (Å²) in [6, 6.07) is 8.22. The number of allylic oxidation sites excluding steroid dienone is 2. The fraction of sp³-hybridized carbons (Fsp3) is 0.389. The average molecular weight is 328 g/mol. The van der Waals surface area contributed by atoms with Crippen LogP contribution < -0.4 is 10.6 Å². The highest BCUT2D eigenvalue weighted by molar-refractivity contribution is 5.97. The average Bonchev–Trinajstić information content (AvgIpc) is 3.16. The number of nitrogens with one attached hydrogen (secondary N) is 2. The zero-order valence-electron chi connectivity index (χ0n) is 13.3. The normalized spacial score (nSPS) is 28.4. The quantitative estimate of drug-likeness (QED) is 0.716. The highest BCUT2D eigenvalue weighted by atomic mass is 16.4. The molecule has 0 radical (unpaired) electrons. The Morgan fingerprint density at radius 1 is 1.08 bits per heavy atom. The third-order valence-corrected chi connectivity index (χ3v) is 4.84. The van der Waals surface area contributed by atoms with Gasteiger partial charge in [0.1, 0.15) is 6.04 Å². The molecule has 5 atom stereocenters. The van der Waals surface area contributed by atoms with Gasteiger partial charge in [0.2, 0.25) is 11.8 Å². The van der Waals surface area contributed by atoms with Gasteiger partial charge in [0.15, 0.2) is 0 Å². The van der Waals surface area contributed by atoms with E-state index in [0.29, 0.717) is 12.1 Å². The van der Waals surface area contributed by atoms with Crippen molar-refractivity contribution in [3.05, 3.63) is 42.5 Å². The van der Waals surface area contributed by atoms with Gasteiger partial charge in [-0.2, -0.15) is 0 Å². The molecule has 6 nitrogen and oxygen atoms in total. The predicted molar refractivity (Wildman–Crippen MR) is 88.0 cm³/mol. The van der Waals surface area contributed by atoms with Crippen LogP contribution in [0.4, 0.5) is 5.69 Å². The van der Waals surface area contributed by atoms with Crippen molar-refractivity contribution in [1.82, 2.24) is 5.32 Å². The number of carboxylic acids is 1. The number of aliphatic carboxylic acids is 1. The number of anilines is 1. The van der Waals surface area contributed by atoms with E-state index in [1.807, 2.05) is 18.2 Å². The van der Waals surface area contributed by atoms with E-state index in [1.54, 1.807) is 31.2 Å². The Hall–Kier alpha value is -2.63. The molecule has 1 saturated carbocycles. The zero-order chi connectivity index (χ0) is 17.3. The Labute approximate surface area is 139 Å². The number of para-hydroxylation sites is 1. The Morgan fingerprint density at radius 2 is 1.71 bits per heavy atom. The Kier molecular flexibility index (Phi) is 4.38. The minimum atomic E-state index is -0.951. The monoisotopic (exact) mass is 328 g/mol. The highest BCUT2D eigenvalue weighted by Gasteiger charge is 2.51. The third-order valence-electron chi connectivity index (χ3n) is 4.84. The molecule has 2 bridgehead atoms. The largest absolute Gasteiger partial charge is 0.481 e. The maximum absolute atomic E-state index is 12.5. The fourth-order valence-corrected chi connectivity index (χ4v) is 3.66. The molecule has 0 heterocycles. The van der Waals surface area contributed by atoms with E-state index >= 15 is 0 Å². The first-order valence-corrected chi connectivity index (χ1v) is 8.05. The second kappa shape index (κ2) is 6.47. The van der Waals surface area contributed by atoms with Crippen LogP contribution in [-0.2, 0) is 14.4 Å². The first-order valence-electron chi connectivity index (χ1n) is 8.05. The van der Waals surface area contributed by atoms with Gasteiger partial charge in [-0.3, -0.25) is 14.4 Å². The molecule has 0 aromatic heterocycles. The SMILES string of the molecule is C[C@H](NC(=O)[C@H]1[C@@H](C(=O)O)[C@H]2C=C[C@H]1C2)C(=O)Nc1ccccc1. The first-order chi connectivity index (χ1) is 11.5. The minimum Gasteiger partial charge on any atom is -0.481 e. The second-order valence-corrected chi connectivity index (χ2v) is 6.42. The summed E-state index contributed by atoms with van der Waals surface area (Å²) in [5.74, 6) is -3.10. The molecule has 0 spiro atoms. The van der Waals surface area contributed by atoms with E-state index in [1.165, 1.54) is 0 Å². The number of carbonyl (C=O) groups is 3. The number of carboxylic acid groups (broad SMARTS) is 1. The highest BCUT2D eigenvalue weighted by Crippen LogP contribution is 2.48. The van der Waals surface area contributed by atoms with E-state index in [-0.39, 0.29) is 23.7 Å². The van der Waals surface area contributed by atoms with Gasteiger partial charge in [0, 0.05) is 5.69 Å². The summed E-state index contributed by atoms with van der Waals surface area (Å²) >= 11 is 0. The molecule has 1 aromatic rings. The van der Waals surface area contributed by atoms with Crippen LogP contribution in [0.3, 0.4) is 0 Å². The smallest absolute Gasteiger partial charge is 0.307 e. The number of benzene rings is 1. The van der Waals surface area contributed by atoms with Crippen LogP contribution in [0.1, 0.15) is 13.3 Å². The van der Waals surface area contributed by atoms with Crippen molar-refractivity contribution in [3.63, 3.8) is 0 Å². The van der Waals surface area contributed by atoms with Crippen LogP contribution in [-0.4, -0.2) is 28.9 Å². The van der Waals surface area contributed by atoms with Gasteiger partial charge in [-0.25, -0.2) is 0 Å². The summed E-state index contributed by atoms with van der Waals surface area (Å²) in [7, 11) is 0. The lowest BCUT2D eigenvalue weighted by atomic mass is 9.82.